The second kappa shape index (κ2) is 14.1. The zero-order chi connectivity index (χ0) is 27.7. The number of thioether (sulfide) groups is 1. The van der Waals surface area contributed by atoms with Crippen LogP contribution in [-0.4, -0.2) is 70.9 Å². The fraction of sp³-hybridized carbons (Fsp3) is 0.577. The summed E-state index contributed by atoms with van der Waals surface area (Å²) in [5.41, 5.74) is -1.18. The van der Waals surface area contributed by atoms with Crippen molar-refractivity contribution in [3.05, 3.63) is 34.6 Å². The largest absolute Gasteiger partial charge is 0.413 e. The van der Waals surface area contributed by atoms with Crippen LogP contribution in [0.4, 0.5) is 4.79 Å². The van der Waals surface area contributed by atoms with E-state index in [0.29, 0.717) is 30.2 Å². The summed E-state index contributed by atoms with van der Waals surface area (Å²) < 4.78 is 11.9. The lowest BCUT2D eigenvalue weighted by molar-refractivity contribution is -0.129. The molecule has 1 aliphatic rings. The van der Waals surface area contributed by atoms with Gasteiger partial charge in [0.05, 0.1) is 6.04 Å². The van der Waals surface area contributed by atoms with Gasteiger partial charge in [0.2, 0.25) is 11.7 Å². The summed E-state index contributed by atoms with van der Waals surface area (Å²) in [7, 11) is 3.94. The molecule has 12 heteroatoms. The predicted molar refractivity (Wildman–Crippen MR) is 148 cm³/mol. The molecule has 1 aromatic carbocycles. The van der Waals surface area contributed by atoms with Gasteiger partial charge >= 0.3 is 6.09 Å². The van der Waals surface area contributed by atoms with Crippen molar-refractivity contribution >= 4 is 45.5 Å². The Hall–Kier alpha value is -2.44. The molecule has 0 spiro atoms. The molecule has 1 atom stereocenters. The number of hydrogen-bond acceptors (Lipinski definition) is 9. The highest BCUT2D eigenvalue weighted by atomic mass is 79.9. The standard InChI is InChI=1S/C26H36BrN5O5S/c1-17(2)16-20(21(33)22-30-31-25(37-22)38-15-14-32(3)4)28-23(34)26(12-6-5-7-13-26)29-24(35)36-19-10-8-18(27)9-11-19/h8-11,17,20H,5-7,12-16H2,1-4H3,(H,28,34)(H,29,35). The van der Waals surface area contributed by atoms with Crippen LogP contribution in [-0.2, 0) is 4.79 Å². The van der Waals surface area contributed by atoms with Gasteiger partial charge in [0.1, 0.15) is 11.3 Å². The molecular formula is C26H36BrN5O5S. The third-order valence-electron chi connectivity index (χ3n) is 6.22. The molecular weight excluding hydrogens is 574 g/mol. The van der Waals surface area contributed by atoms with Gasteiger partial charge in [0.15, 0.2) is 0 Å². The Bertz CT molecular complexity index is 1090. The molecule has 38 heavy (non-hydrogen) atoms. The molecule has 0 bridgehead atoms. The fourth-order valence-corrected chi connectivity index (χ4v) is 5.36. The Morgan fingerprint density at radius 1 is 1.13 bits per heavy atom. The molecule has 2 aromatic rings. The van der Waals surface area contributed by atoms with E-state index in [1.807, 2.05) is 32.8 Å². The second-order valence-corrected chi connectivity index (χ2v) is 12.1. The number of nitrogens with zero attached hydrogens (tertiary/aromatic N) is 3. The topological polar surface area (TPSA) is 127 Å². The van der Waals surface area contributed by atoms with Crippen LogP contribution in [0.1, 0.15) is 63.1 Å². The molecule has 1 saturated carbocycles. The molecule has 3 rings (SSSR count). The normalized spacial score (nSPS) is 15.8. The van der Waals surface area contributed by atoms with Gasteiger partial charge in [-0.15, -0.1) is 10.2 Å². The summed E-state index contributed by atoms with van der Waals surface area (Å²) in [4.78, 5) is 41.9. The number of ether oxygens (including phenoxy) is 1. The van der Waals surface area contributed by atoms with Gasteiger partial charge in [-0.25, -0.2) is 4.79 Å². The molecule has 1 fully saturated rings. The Balaban J connectivity index is 1.72. The van der Waals surface area contributed by atoms with E-state index in [1.54, 1.807) is 24.3 Å². The summed E-state index contributed by atoms with van der Waals surface area (Å²) >= 11 is 4.72. The van der Waals surface area contributed by atoms with E-state index in [2.05, 4.69) is 36.8 Å². The molecule has 0 radical (unpaired) electrons. The SMILES string of the molecule is CC(C)CC(NC(=O)C1(NC(=O)Oc2ccc(Br)cc2)CCCCC1)C(=O)c1nnc(SCCN(C)C)o1. The first-order chi connectivity index (χ1) is 18.1. The van der Waals surface area contributed by atoms with Crippen molar-refractivity contribution < 1.29 is 23.5 Å². The number of hydrogen-bond donors (Lipinski definition) is 2. The van der Waals surface area contributed by atoms with Gasteiger partial charge in [-0.2, -0.15) is 0 Å². The number of amides is 2. The van der Waals surface area contributed by atoms with Crippen molar-refractivity contribution in [1.29, 1.82) is 0 Å². The van der Waals surface area contributed by atoms with Crippen molar-refractivity contribution in [3.8, 4) is 5.75 Å². The first kappa shape index (κ1) is 30.1. The quantitative estimate of drug-likeness (QED) is 0.260. The number of benzene rings is 1. The maximum absolute atomic E-state index is 13.7. The molecule has 2 amide bonds. The van der Waals surface area contributed by atoms with Crippen LogP contribution in [0.2, 0.25) is 0 Å². The van der Waals surface area contributed by atoms with E-state index >= 15 is 0 Å². The number of rotatable bonds is 12. The third-order valence-corrected chi connectivity index (χ3v) is 7.54. The van der Waals surface area contributed by atoms with Crippen molar-refractivity contribution in [3.63, 3.8) is 0 Å². The average Bonchev–Trinajstić information content (AvgIpc) is 3.33. The second-order valence-electron chi connectivity index (χ2n) is 10.2. The predicted octanol–water partition coefficient (Wildman–Crippen LogP) is 4.69. The van der Waals surface area contributed by atoms with Crippen molar-refractivity contribution in [2.24, 2.45) is 5.92 Å². The summed E-state index contributed by atoms with van der Waals surface area (Å²) in [6.45, 7) is 4.75. The summed E-state index contributed by atoms with van der Waals surface area (Å²) in [6.07, 6.45) is 3.07. The first-order valence-electron chi connectivity index (χ1n) is 12.8. The van der Waals surface area contributed by atoms with Crippen LogP contribution in [0.15, 0.2) is 38.4 Å². The van der Waals surface area contributed by atoms with Crippen LogP contribution >= 0.6 is 27.7 Å². The Kier molecular flexibility index (Phi) is 11.2. The molecule has 10 nitrogen and oxygen atoms in total. The molecule has 0 saturated heterocycles. The van der Waals surface area contributed by atoms with Gasteiger partial charge in [-0.3, -0.25) is 9.59 Å². The van der Waals surface area contributed by atoms with Gasteiger partial charge in [0, 0.05) is 16.8 Å². The van der Waals surface area contributed by atoms with E-state index in [0.717, 1.165) is 36.0 Å². The monoisotopic (exact) mass is 609 g/mol. The first-order valence-corrected chi connectivity index (χ1v) is 14.6. The maximum Gasteiger partial charge on any atom is 0.413 e. The highest BCUT2D eigenvalue weighted by molar-refractivity contribution is 9.10. The number of nitrogens with one attached hydrogen (secondary N) is 2. The molecule has 1 unspecified atom stereocenters. The molecule has 208 valence electrons. The summed E-state index contributed by atoms with van der Waals surface area (Å²) in [5.74, 6) is 0.217. The lowest BCUT2D eigenvalue weighted by atomic mass is 9.80. The minimum atomic E-state index is -1.18. The van der Waals surface area contributed by atoms with E-state index in [-0.39, 0.29) is 11.8 Å². The minimum Gasteiger partial charge on any atom is -0.410 e. The van der Waals surface area contributed by atoms with Crippen LogP contribution < -0.4 is 15.4 Å². The number of carbonyl (C=O) groups is 3. The smallest absolute Gasteiger partial charge is 0.410 e. The van der Waals surface area contributed by atoms with Crippen molar-refractivity contribution in [1.82, 2.24) is 25.7 Å². The van der Waals surface area contributed by atoms with Crippen LogP contribution in [0.3, 0.4) is 0 Å². The zero-order valence-corrected chi connectivity index (χ0v) is 24.7. The highest BCUT2D eigenvalue weighted by Crippen LogP contribution is 2.30. The third kappa shape index (κ3) is 8.81. The van der Waals surface area contributed by atoms with Gasteiger partial charge in [-0.05, 0) is 63.5 Å². The molecule has 1 heterocycles. The van der Waals surface area contributed by atoms with Crippen LogP contribution in [0.25, 0.3) is 0 Å². The fourth-order valence-electron chi connectivity index (χ4n) is 4.23. The van der Waals surface area contributed by atoms with Crippen molar-refractivity contribution in [2.75, 3.05) is 26.4 Å². The Labute approximate surface area is 236 Å². The molecule has 1 aliphatic carbocycles. The van der Waals surface area contributed by atoms with E-state index in [4.69, 9.17) is 9.15 Å². The maximum atomic E-state index is 13.7. The number of ketones is 1. The van der Waals surface area contributed by atoms with E-state index in [1.165, 1.54) is 11.8 Å². The number of carbonyl (C=O) groups excluding carboxylic acids is 3. The van der Waals surface area contributed by atoms with Crippen molar-refractivity contribution in [2.45, 2.75) is 69.2 Å². The molecule has 0 aliphatic heterocycles. The van der Waals surface area contributed by atoms with Gasteiger partial charge in [-0.1, -0.05) is 60.8 Å². The van der Waals surface area contributed by atoms with E-state index < -0.39 is 29.4 Å². The number of aromatic nitrogens is 2. The van der Waals surface area contributed by atoms with Gasteiger partial charge in [0.25, 0.3) is 11.1 Å². The van der Waals surface area contributed by atoms with E-state index in [9.17, 15) is 14.4 Å². The van der Waals surface area contributed by atoms with Gasteiger partial charge < -0.3 is 24.7 Å². The number of Topliss-reactive ketones (excluding diaryl/α,β-unsaturated/α-hetero) is 1. The summed E-state index contributed by atoms with van der Waals surface area (Å²) in [6, 6.07) is 5.97. The van der Waals surface area contributed by atoms with Crippen LogP contribution in [0, 0.1) is 5.92 Å². The molecule has 2 N–H and O–H groups in total. The lowest BCUT2D eigenvalue weighted by Crippen LogP contribution is -2.62. The highest BCUT2D eigenvalue weighted by Gasteiger charge is 2.43. The Morgan fingerprint density at radius 3 is 2.45 bits per heavy atom. The average molecular weight is 611 g/mol. The zero-order valence-electron chi connectivity index (χ0n) is 22.3. The number of halogens is 1. The van der Waals surface area contributed by atoms with Crippen LogP contribution in [0.5, 0.6) is 5.75 Å². The minimum absolute atomic E-state index is 0.110. The molecule has 1 aromatic heterocycles. The lowest BCUT2D eigenvalue weighted by Gasteiger charge is -2.37. The summed E-state index contributed by atoms with van der Waals surface area (Å²) in [5, 5.41) is 13.9. The Morgan fingerprint density at radius 2 is 1.82 bits per heavy atom.